The van der Waals surface area contributed by atoms with Crippen LogP contribution in [0.3, 0.4) is 0 Å². The molecule has 0 unspecified atom stereocenters. The number of piperidine rings is 2. The van der Waals surface area contributed by atoms with E-state index in [0.29, 0.717) is 23.8 Å². The van der Waals surface area contributed by atoms with E-state index in [0.717, 1.165) is 51.0 Å². The highest BCUT2D eigenvalue weighted by Gasteiger charge is 2.45. The van der Waals surface area contributed by atoms with E-state index in [1.54, 1.807) is 0 Å². The number of Topliss-reactive ketones (excluding diaryl/α,β-unsaturated/α-hetero) is 1. The molecule has 0 radical (unpaired) electrons. The van der Waals surface area contributed by atoms with Crippen LogP contribution in [0.1, 0.15) is 67.3 Å². The summed E-state index contributed by atoms with van der Waals surface area (Å²) in [4.78, 5) is 29.4. The summed E-state index contributed by atoms with van der Waals surface area (Å²) in [6, 6.07) is 8.45. The quantitative estimate of drug-likeness (QED) is 0.717. The van der Waals surface area contributed by atoms with Crippen molar-refractivity contribution in [2.24, 2.45) is 5.41 Å². The maximum absolute atomic E-state index is 12.4. The summed E-state index contributed by atoms with van der Waals surface area (Å²) >= 11 is 0. The third-order valence-electron chi connectivity index (χ3n) is 6.68. The Morgan fingerprint density at radius 2 is 1.93 bits per heavy atom. The molecule has 1 spiro atoms. The van der Waals surface area contributed by atoms with Crippen molar-refractivity contribution in [3.8, 4) is 0 Å². The van der Waals surface area contributed by atoms with E-state index in [1.807, 2.05) is 31.2 Å². The first-order valence-electron chi connectivity index (χ1n) is 10.7. The minimum atomic E-state index is 0.255. The van der Waals surface area contributed by atoms with Gasteiger partial charge in [-0.05, 0) is 58.5 Å². The number of likely N-dealkylation sites (tertiary alicyclic amines) is 2. The van der Waals surface area contributed by atoms with Crippen LogP contribution in [0, 0.1) is 12.3 Å². The van der Waals surface area contributed by atoms with Gasteiger partial charge in [-0.2, -0.15) is 0 Å². The summed E-state index contributed by atoms with van der Waals surface area (Å²) in [6.45, 7) is 6.25. The van der Waals surface area contributed by atoms with Crippen molar-refractivity contribution in [1.82, 2.24) is 9.80 Å². The first-order chi connectivity index (χ1) is 13.0. The molecule has 1 aromatic rings. The van der Waals surface area contributed by atoms with Crippen molar-refractivity contribution in [1.29, 1.82) is 0 Å². The second-order valence-electron chi connectivity index (χ2n) is 9.03. The van der Waals surface area contributed by atoms with Gasteiger partial charge >= 0.3 is 0 Å². The van der Waals surface area contributed by atoms with Gasteiger partial charge in [0.1, 0.15) is 0 Å². The number of hydrogen-bond donors (Lipinski definition) is 0. The van der Waals surface area contributed by atoms with E-state index in [2.05, 4.69) is 9.80 Å². The number of carbonyl (C=O) groups is 2. The first kappa shape index (κ1) is 18.7. The molecule has 0 aromatic heterocycles. The highest BCUT2D eigenvalue weighted by Crippen LogP contribution is 2.42. The minimum absolute atomic E-state index is 0.255. The molecule has 4 heteroatoms. The average Bonchev–Trinajstić information content (AvgIpc) is 3.50. The molecule has 0 bridgehead atoms. The second kappa shape index (κ2) is 7.75. The number of carbonyl (C=O) groups excluding carboxylic acids is 2. The van der Waals surface area contributed by atoms with Crippen LogP contribution in [0.25, 0.3) is 0 Å². The minimum Gasteiger partial charge on any atom is -0.339 e. The van der Waals surface area contributed by atoms with Crippen LogP contribution in [0.4, 0.5) is 0 Å². The van der Waals surface area contributed by atoms with E-state index < -0.39 is 0 Å². The molecule has 2 heterocycles. The van der Waals surface area contributed by atoms with E-state index in [9.17, 15) is 9.59 Å². The zero-order valence-electron chi connectivity index (χ0n) is 16.6. The number of nitrogens with zero attached hydrogens (tertiary/aromatic N) is 2. The number of rotatable bonds is 6. The Morgan fingerprint density at radius 3 is 2.67 bits per heavy atom. The Hall–Kier alpha value is -1.68. The molecular formula is C23H32N2O2. The van der Waals surface area contributed by atoms with Crippen LogP contribution in [0.2, 0.25) is 0 Å². The van der Waals surface area contributed by atoms with Gasteiger partial charge in [0, 0.05) is 43.0 Å². The monoisotopic (exact) mass is 368 g/mol. The molecule has 146 valence electrons. The third-order valence-corrected chi connectivity index (χ3v) is 6.68. The zero-order chi connectivity index (χ0) is 18.9. The molecular weight excluding hydrogens is 336 g/mol. The van der Waals surface area contributed by atoms with E-state index in [1.165, 1.54) is 31.2 Å². The fraction of sp³-hybridized carbons (Fsp3) is 0.652. The topological polar surface area (TPSA) is 40.6 Å². The van der Waals surface area contributed by atoms with Gasteiger partial charge in [-0.1, -0.05) is 29.8 Å². The lowest BCUT2D eigenvalue weighted by Crippen LogP contribution is -2.54. The standard InChI is InChI=1S/C23H32N2O2/c1-18-5-7-19(8-6-18)21(26)4-2-14-24-15-3-12-23(16-24)13-11-22(27)25(17-23)20-9-10-20/h5-8,20H,2-4,9-17H2,1H3/t23-/m1/s1. The van der Waals surface area contributed by atoms with E-state index in [-0.39, 0.29) is 5.78 Å². The van der Waals surface area contributed by atoms with Gasteiger partial charge in [-0.3, -0.25) is 9.59 Å². The average molecular weight is 369 g/mol. The van der Waals surface area contributed by atoms with Crippen molar-refractivity contribution in [3.05, 3.63) is 35.4 Å². The zero-order valence-corrected chi connectivity index (χ0v) is 16.6. The van der Waals surface area contributed by atoms with Crippen LogP contribution in [-0.2, 0) is 4.79 Å². The number of benzene rings is 1. The Balaban J connectivity index is 1.28. The Kier molecular flexibility index (Phi) is 5.36. The molecule has 1 aliphatic carbocycles. The summed E-state index contributed by atoms with van der Waals surface area (Å²) in [6.07, 6.45) is 8.21. The van der Waals surface area contributed by atoms with Crippen LogP contribution in [0.15, 0.2) is 24.3 Å². The Labute approximate surface area is 162 Å². The maximum Gasteiger partial charge on any atom is 0.222 e. The number of hydrogen-bond acceptors (Lipinski definition) is 3. The van der Waals surface area contributed by atoms with Crippen LogP contribution < -0.4 is 0 Å². The summed E-state index contributed by atoms with van der Waals surface area (Å²) in [7, 11) is 0. The van der Waals surface area contributed by atoms with Crippen molar-refractivity contribution < 1.29 is 9.59 Å². The Morgan fingerprint density at radius 1 is 1.15 bits per heavy atom. The van der Waals surface area contributed by atoms with Gasteiger partial charge in [-0.25, -0.2) is 0 Å². The Bertz CT molecular complexity index is 695. The third kappa shape index (κ3) is 4.43. The predicted molar refractivity (Wildman–Crippen MR) is 107 cm³/mol. The van der Waals surface area contributed by atoms with Gasteiger partial charge < -0.3 is 9.80 Å². The number of aryl methyl sites for hydroxylation is 1. The fourth-order valence-corrected chi connectivity index (χ4v) is 4.94. The molecule has 1 amide bonds. The second-order valence-corrected chi connectivity index (χ2v) is 9.03. The lowest BCUT2D eigenvalue weighted by atomic mass is 9.73. The molecule has 4 rings (SSSR count). The molecule has 27 heavy (non-hydrogen) atoms. The lowest BCUT2D eigenvalue weighted by molar-refractivity contribution is -0.140. The lowest BCUT2D eigenvalue weighted by Gasteiger charge is -2.48. The predicted octanol–water partition coefficient (Wildman–Crippen LogP) is 3.82. The molecule has 4 nitrogen and oxygen atoms in total. The highest BCUT2D eigenvalue weighted by molar-refractivity contribution is 5.96. The van der Waals surface area contributed by atoms with Crippen molar-refractivity contribution >= 4 is 11.7 Å². The first-order valence-corrected chi connectivity index (χ1v) is 10.7. The normalized spacial score (nSPS) is 26.6. The molecule has 1 saturated carbocycles. The summed E-state index contributed by atoms with van der Waals surface area (Å²) < 4.78 is 0. The van der Waals surface area contributed by atoms with Crippen LogP contribution >= 0.6 is 0 Å². The van der Waals surface area contributed by atoms with E-state index in [4.69, 9.17) is 0 Å². The van der Waals surface area contributed by atoms with Crippen molar-refractivity contribution in [2.75, 3.05) is 26.2 Å². The molecule has 2 aliphatic heterocycles. The van der Waals surface area contributed by atoms with Crippen LogP contribution in [0.5, 0.6) is 0 Å². The number of ketones is 1. The van der Waals surface area contributed by atoms with Gasteiger partial charge in [0.15, 0.2) is 5.78 Å². The molecule has 1 aromatic carbocycles. The van der Waals surface area contributed by atoms with Crippen LogP contribution in [-0.4, -0.2) is 53.7 Å². The van der Waals surface area contributed by atoms with Gasteiger partial charge in [0.2, 0.25) is 5.91 Å². The SMILES string of the molecule is Cc1ccc(C(=O)CCCN2CCC[C@@]3(CCC(=O)N(C4CC4)C3)C2)cc1. The summed E-state index contributed by atoms with van der Waals surface area (Å²) in [5, 5.41) is 0. The molecule has 1 atom stereocenters. The van der Waals surface area contributed by atoms with Crippen molar-refractivity contribution in [3.63, 3.8) is 0 Å². The smallest absolute Gasteiger partial charge is 0.222 e. The summed E-state index contributed by atoms with van der Waals surface area (Å²) in [5.74, 6) is 0.633. The highest BCUT2D eigenvalue weighted by atomic mass is 16.2. The van der Waals surface area contributed by atoms with Crippen molar-refractivity contribution in [2.45, 2.75) is 64.3 Å². The molecule has 2 saturated heterocycles. The summed E-state index contributed by atoms with van der Waals surface area (Å²) in [5.41, 5.74) is 2.33. The maximum atomic E-state index is 12.4. The number of amides is 1. The van der Waals surface area contributed by atoms with E-state index >= 15 is 0 Å². The van der Waals surface area contributed by atoms with Gasteiger partial charge in [0.25, 0.3) is 0 Å². The largest absolute Gasteiger partial charge is 0.339 e. The molecule has 0 N–H and O–H groups in total. The molecule has 3 aliphatic rings. The fourth-order valence-electron chi connectivity index (χ4n) is 4.94. The van der Waals surface area contributed by atoms with Gasteiger partial charge in [-0.15, -0.1) is 0 Å². The van der Waals surface area contributed by atoms with Gasteiger partial charge in [0.05, 0.1) is 0 Å². The molecule has 3 fully saturated rings.